The lowest BCUT2D eigenvalue weighted by molar-refractivity contribution is 0.619. The molecule has 0 aliphatic rings. The minimum absolute atomic E-state index is 0.195. The Morgan fingerprint density at radius 3 is 2.64 bits per heavy atom. The summed E-state index contributed by atoms with van der Waals surface area (Å²) in [5.41, 5.74) is 6.37. The number of aryl methyl sites for hydroxylation is 1. The summed E-state index contributed by atoms with van der Waals surface area (Å²) in [6, 6.07) is 15.7. The van der Waals surface area contributed by atoms with Crippen LogP contribution in [0.1, 0.15) is 38.3 Å². The molecule has 2 aromatic carbocycles. The molecule has 1 unspecified atom stereocenters. The second kappa shape index (κ2) is 14.0. The molecule has 4 heteroatoms. The van der Waals surface area contributed by atoms with Crippen LogP contribution in [0.3, 0.4) is 0 Å². The highest BCUT2D eigenvalue weighted by Gasteiger charge is 2.21. The van der Waals surface area contributed by atoms with E-state index >= 15 is 0 Å². The Kier molecular flexibility index (Phi) is 11.0. The molecule has 0 bridgehead atoms. The van der Waals surface area contributed by atoms with Crippen LogP contribution >= 0.6 is 11.9 Å². The van der Waals surface area contributed by atoms with Gasteiger partial charge in [-0.05, 0) is 73.2 Å². The second-order valence-corrected chi connectivity index (χ2v) is 7.61. The molecule has 0 spiro atoms. The zero-order valence-electron chi connectivity index (χ0n) is 19.9. The first-order valence-electron chi connectivity index (χ1n) is 11.1. The molecule has 1 atom stereocenters. The largest absolute Gasteiger partial charge is 0.386 e. The Hall–Kier alpha value is -3.30. The minimum Gasteiger partial charge on any atom is -0.386 e. The highest BCUT2D eigenvalue weighted by Crippen LogP contribution is 2.32. The van der Waals surface area contributed by atoms with Crippen molar-refractivity contribution in [3.8, 4) is 5.75 Å². The molecule has 2 aromatic rings. The number of hydrogen-bond donors (Lipinski definition) is 1. The van der Waals surface area contributed by atoms with Gasteiger partial charge in [-0.25, -0.2) is 0 Å². The Morgan fingerprint density at radius 1 is 1.18 bits per heavy atom. The SMILES string of the molecule is C=C(/C(=C/C)c1ccccc1C)C(Nc1cccc(OCl)c1)C(/C=C\CC)=C\C=C/N=C\C. The molecule has 0 saturated carbocycles. The monoisotopic (exact) mass is 460 g/mol. The first kappa shape index (κ1) is 26.0. The van der Waals surface area contributed by atoms with Crippen LogP contribution in [0.5, 0.6) is 5.75 Å². The molecule has 0 amide bonds. The molecule has 0 radical (unpaired) electrons. The molecular formula is C29H33ClN2O. The fraction of sp³-hybridized carbons (Fsp3) is 0.207. The van der Waals surface area contributed by atoms with Crippen LogP contribution in [0.15, 0.2) is 108 Å². The van der Waals surface area contributed by atoms with Crippen molar-refractivity contribution in [3.63, 3.8) is 0 Å². The van der Waals surface area contributed by atoms with Gasteiger partial charge < -0.3 is 9.61 Å². The van der Waals surface area contributed by atoms with E-state index in [1.807, 2.05) is 44.2 Å². The number of nitrogens with zero attached hydrogens (tertiary/aromatic N) is 1. The highest BCUT2D eigenvalue weighted by molar-refractivity contribution is 6.09. The Labute approximate surface area is 203 Å². The van der Waals surface area contributed by atoms with Crippen molar-refractivity contribution in [3.05, 3.63) is 114 Å². The maximum Gasteiger partial charge on any atom is 0.148 e. The summed E-state index contributed by atoms with van der Waals surface area (Å²) in [5, 5.41) is 3.64. The standard InChI is InChI=1S/C29H33ClN2O/c1-6-9-15-24(16-13-20-31-8-3)29(32-25-17-12-18-26(21-25)33-30)23(5)27(7-2)28-19-11-10-14-22(28)4/h7-21,29,32H,5-6H2,1-4H3/b15-9-,20-13-,24-16-,27-7-,31-8-. The van der Waals surface area contributed by atoms with Gasteiger partial charge >= 0.3 is 0 Å². The fourth-order valence-corrected chi connectivity index (χ4v) is 3.60. The fourth-order valence-electron chi connectivity index (χ4n) is 3.51. The summed E-state index contributed by atoms with van der Waals surface area (Å²) >= 11 is 5.60. The Morgan fingerprint density at radius 2 is 1.97 bits per heavy atom. The summed E-state index contributed by atoms with van der Waals surface area (Å²) in [6.07, 6.45) is 14.9. The number of aliphatic imine (C=N–C) groups is 1. The summed E-state index contributed by atoms with van der Waals surface area (Å²) in [7, 11) is 0. The van der Waals surface area contributed by atoms with Gasteiger partial charge in [-0.3, -0.25) is 4.99 Å². The van der Waals surface area contributed by atoms with Gasteiger partial charge in [0.25, 0.3) is 0 Å². The van der Waals surface area contributed by atoms with Crippen LogP contribution < -0.4 is 9.61 Å². The van der Waals surface area contributed by atoms with Crippen molar-refractivity contribution >= 4 is 29.3 Å². The van der Waals surface area contributed by atoms with Crippen molar-refractivity contribution in [1.82, 2.24) is 0 Å². The number of rotatable bonds is 11. The maximum absolute atomic E-state index is 5.60. The van der Waals surface area contributed by atoms with Crippen LogP contribution in [0.2, 0.25) is 0 Å². The van der Waals surface area contributed by atoms with Gasteiger partial charge in [0.1, 0.15) is 17.6 Å². The molecule has 3 nitrogen and oxygen atoms in total. The number of nitrogens with one attached hydrogen (secondary N) is 1. The van der Waals surface area contributed by atoms with Gasteiger partial charge in [0, 0.05) is 24.2 Å². The predicted molar refractivity (Wildman–Crippen MR) is 145 cm³/mol. The molecule has 2 rings (SSSR count). The average Bonchev–Trinajstić information content (AvgIpc) is 2.84. The molecule has 0 aliphatic heterocycles. The van der Waals surface area contributed by atoms with Crippen LogP contribution in [0.25, 0.3) is 5.57 Å². The smallest absolute Gasteiger partial charge is 0.148 e. The molecule has 0 aliphatic carbocycles. The van der Waals surface area contributed by atoms with Crippen LogP contribution in [-0.2, 0) is 0 Å². The van der Waals surface area contributed by atoms with Gasteiger partial charge in [-0.1, -0.05) is 68.1 Å². The first-order valence-corrected chi connectivity index (χ1v) is 11.4. The third-order valence-electron chi connectivity index (χ3n) is 5.14. The zero-order valence-corrected chi connectivity index (χ0v) is 20.6. The zero-order chi connectivity index (χ0) is 24.1. The summed E-state index contributed by atoms with van der Waals surface area (Å²) in [5.74, 6) is 0.572. The number of benzene rings is 2. The van der Waals surface area contributed by atoms with Gasteiger partial charge in [0.2, 0.25) is 0 Å². The number of allylic oxidation sites excluding steroid dienone is 4. The van der Waals surface area contributed by atoms with Crippen LogP contribution in [-0.4, -0.2) is 12.3 Å². The van der Waals surface area contributed by atoms with Crippen LogP contribution in [0.4, 0.5) is 5.69 Å². The molecule has 0 saturated heterocycles. The van der Waals surface area contributed by atoms with E-state index in [2.05, 4.69) is 79.3 Å². The van der Waals surface area contributed by atoms with Crippen molar-refractivity contribution in [1.29, 1.82) is 0 Å². The van der Waals surface area contributed by atoms with E-state index in [-0.39, 0.29) is 6.04 Å². The van der Waals surface area contributed by atoms with Gasteiger partial charge in [-0.15, -0.1) is 0 Å². The minimum atomic E-state index is -0.195. The summed E-state index contributed by atoms with van der Waals surface area (Å²) in [6.45, 7) is 12.7. The van der Waals surface area contributed by atoms with Crippen molar-refractivity contribution < 1.29 is 4.29 Å². The molecule has 0 aromatic heterocycles. The van der Waals surface area contributed by atoms with E-state index in [0.717, 1.165) is 28.8 Å². The van der Waals surface area contributed by atoms with E-state index in [4.69, 9.17) is 16.2 Å². The van der Waals surface area contributed by atoms with Gasteiger partial charge in [0.05, 0.1) is 6.04 Å². The Balaban J connectivity index is 2.59. The molecule has 1 N–H and O–H groups in total. The molecule has 172 valence electrons. The predicted octanol–water partition coefficient (Wildman–Crippen LogP) is 8.46. The lowest BCUT2D eigenvalue weighted by atomic mass is 9.87. The van der Waals surface area contributed by atoms with Crippen molar-refractivity contribution in [2.45, 2.75) is 40.2 Å². The third-order valence-corrected chi connectivity index (χ3v) is 5.32. The summed E-state index contributed by atoms with van der Waals surface area (Å²) in [4.78, 5) is 4.19. The third kappa shape index (κ3) is 7.65. The molecule has 33 heavy (non-hydrogen) atoms. The van der Waals surface area contributed by atoms with Gasteiger partial charge in [-0.2, -0.15) is 0 Å². The molecule has 0 heterocycles. The van der Waals surface area contributed by atoms with E-state index in [9.17, 15) is 0 Å². The van der Waals surface area contributed by atoms with E-state index in [1.54, 1.807) is 12.4 Å². The lowest BCUT2D eigenvalue weighted by Gasteiger charge is -2.26. The number of anilines is 1. The number of hydrogen-bond acceptors (Lipinski definition) is 3. The average molecular weight is 461 g/mol. The quantitative estimate of drug-likeness (QED) is 0.269. The first-order chi connectivity index (χ1) is 16.0. The topological polar surface area (TPSA) is 33.6 Å². The molecular weight excluding hydrogens is 428 g/mol. The van der Waals surface area contributed by atoms with E-state index in [1.165, 1.54) is 11.1 Å². The van der Waals surface area contributed by atoms with E-state index < -0.39 is 0 Å². The van der Waals surface area contributed by atoms with Gasteiger partial charge in [0.15, 0.2) is 0 Å². The molecule has 0 fully saturated rings. The second-order valence-electron chi connectivity index (χ2n) is 7.45. The summed E-state index contributed by atoms with van der Waals surface area (Å²) < 4.78 is 4.91. The van der Waals surface area contributed by atoms with Crippen molar-refractivity contribution in [2.75, 3.05) is 5.32 Å². The van der Waals surface area contributed by atoms with Crippen LogP contribution in [0, 0.1) is 6.92 Å². The highest BCUT2D eigenvalue weighted by atomic mass is 35.5. The lowest BCUT2D eigenvalue weighted by Crippen LogP contribution is -2.24. The normalized spacial score (nSPS) is 13.7. The maximum atomic E-state index is 5.60. The Bertz CT molecular complexity index is 1080. The number of halogens is 1. The van der Waals surface area contributed by atoms with E-state index in [0.29, 0.717) is 5.75 Å². The van der Waals surface area contributed by atoms with Crippen molar-refractivity contribution in [2.24, 2.45) is 4.99 Å².